The molecule has 1 atom stereocenters. The highest BCUT2D eigenvalue weighted by Gasteiger charge is 2.18. The van der Waals surface area contributed by atoms with Crippen LogP contribution in [0.25, 0.3) is 0 Å². The van der Waals surface area contributed by atoms with Crippen LogP contribution in [0.2, 0.25) is 0 Å². The Morgan fingerprint density at radius 2 is 1.60 bits per heavy atom. The average Bonchev–Trinajstić information content (AvgIpc) is 2.52. The Balaban J connectivity index is 2.20. The summed E-state index contributed by atoms with van der Waals surface area (Å²) in [5, 5.41) is 9.13. The zero-order chi connectivity index (χ0) is 14.2. The normalized spacial score (nSPS) is 12.1. The van der Waals surface area contributed by atoms with Crippen molar-refractivity contribution in [3.05, 3.63) is 71.8 Å². The van der Waals surface area contributed by atoms with Crippen molar-refractivity contribution < 1.29 is 0 Å². The van der Waals surface area contributed by atoms with Gasteiger partial charge in [0.05, 0.1) is 12.5 Å². The van der Waals surface area contributed by atoms with Gasteiger partial charge in [-0.25, -0.2) is 0 Å². The molecule has 0 aliphatic carbocycles. The zero-order valence-corrected chi connectivity index (χ0v) is 11.9. The molecule has 2 aromatic carbocycles. The molecule has 2 aromatic rings. The van der Waals surface area contributed by atoms with E-state index in [-0.39, 0.29) is 6.04 Å². The molecule has 0 bridgehead atoms. The molecule has 20 heavy (non-hydrogen) atoms. The second-order valence-corrected chi connectivity index (χ2v) is 4.84. The SMILES string of the molecule is CCN(Cc1ccccc1)C(CC#N)c1ccccc1. The minimum Gasteiger partial charge on any atom is -0.291 e. The van der Waals surface area contributed by atoms with Gasteiger partial charge in [0, 0.05) is 12.6 Å². The van der Waals surface area contributed by atoms with Crippen LogP contribution in [0.5, 0.6) is 0 Å². The molecule has 0 spiro atoms. The highest BCUT2D eigenvalue weighted by Crippen LogP contribution is 2.25. The van der Waals surface area contributed by atoms with Crippen LogP contribution in [-0.2, 0) is 6.54 Å². The summed E-state index contributed by atoms with van der Waals surface area (Å²) in [6.07, 6.45) is 0.519. The van der Waals surface area contributed by atoms with E-state index in [1.54, 1.807) is 0 Å². The highest BCUT2D eigenvalue weighted by atomic mass is 15.1. The number of nitrogens with zero attached hydrogens (tertiary/aromatic N) is 2. The number of rotatable bonds is 6. The van der Waals surface area contributed by atoms with Gasteiger partial charge >= 0.3 is 0 Å². The van der Waals surface area contributed by atoms with E-state index in [1.165, 1.54) is 11.1 Å². The van der Waals surface area contributed by atoms with E-state index in [0.29, 0.717) is 6.42 Å². The summed E-state index contributed by atoms with van der Waals surface area (Å²) >= 11 is 0. The first-order valence-electron chi connectivity index (χ1n) is 7.05. The van der Waals surface area contributed by atoms with Gasteiger partial charge in [-0.1, -0.05) is 67.6 Å². The lowest BCUT2D eigenvalue weighted by Gasteiger charge is -2.29. The van der Waals surface area contributed by atoms with E-state index in [0.717, 1.165) is 13.1 Å². The van der Waals surface area contributed by atoms with Crippen LogP contribution in [-0.4, -0.2) is 11.4 Å². The molecule has 2 rings (SSSR count). The van der Waals surface area contributed by atoms with Crippen molar-refractivity contribution >= 4 is 0 Å². The predicted molar refractivity (Wildman–Crippen MR) is 81.9 cm³/mol. The molecule has 0 aliphatic rings. The van der Waals surface area contributed by atoms with Gasteiger partial charge in [0.1, 0.15) is 0 Å². The van der Waals surface area contributed by atoms with E-state index in [1.807, 2.05) is 24.3 Å². The minimum absolute atomic E-state index is 0.159. The highest BCUT2D eigenvalue weighted by molar-refractivity contribution is 5.21. The first kappa shape index (κ1) is 14.3. The third kappa shape index (κ3) is 3.69. The summed E-state index contributed by atoms with van der Waals surface area (Å²) in [5.41, 5.74) is 2.50. The lowest BCUT2D eigenvalue weighted by Crippen LogP contribution is -2.28. The first-order valence-corrected chi connectivity index (χ1v) is 7.05. The standard InChI is InChI=1S/C18H20N2/c1-2-20(15-16-9-5-3-6-10-16)18(13-14-19)17-11-7-4-8-12-17/h3-12,18H,2,13,15H2,1H3. The Kier molecular flexibility index (Phi) is 5.34. The molecule has 2 heteroatoms. The summed E-state index contributed by atoms with van der Waals surface area (Å²) in [5.74, 6) is 0. The zero-order valence-electron chi connectivity index (χ0n) is 11.9. The maximum Gasteiger partial charge on any atom is 0.0641 e. The molecule has 0 saturated carbocycles. The van der Waals surface area contributed by atoms with Gasteiger partial charge in [0.25, 0.3) is 0 Å². The van der Waals surface area contributed by atoms with Crippen molar-refractivity contribution in [3.63, 3.8) is 0 Å². The second kappa shape index (κ2) is 7.47. The molecular weight excluding hydrogens is 244 g/mol. The molecule has 0 radical (unpaired) electrons. The largest absolute Gasteiger partial charge is 0.291 e. The summed E-state index contributed by atoms with van der Waals surface area (Å²) in [7, 11) is 0. The van der Waals surface area contributed by atoms with E-state index in [4.69, 9.17) is 5.26 Å². The first-order chi connectivity index (χ1) is 9.85. The predicted octanol–water partition coefficient (Wildman–Crippen LogP) is 4.16. The van der Waals surface area contributed by atoms with Crippen LogP contribution in [0.1, 0.15) is 30.5 Å². The lowest BCUT2D eigenvalue weighted by atomic mass is 10.0. The van der Waals surface area contributed by atoms with E-state index in [2.05, 4.69) is 54.3 Å². The van der Waals surface area contributed by atoms with Crippen LogP contribution in [0, 0.1) is 11.3 Å². The Hall–Kier alpha value is -2.11. The van der Waals surface area contributed by atoms with Gasteiger partial charge in [-0.3, -0.25) is 4.90 Å². The molecule has 2 nitrogen and oxygen atoms in total. The maximum atomic E-state index is 9.13. The van der Waals surface area contributed by atoms with Crippen molar-refractivity contribution in [3.8, 4) is 6.07 Å². The smallest absolute Gasteiger partial charge is 0.0641 e. The molecule has 0 saturated heterocycles. The summed E-state index contributed by atoms with van der Waals surface area (Å²) in [6, 6.07) is 23.2. The number of hydrogen-bond donors (Lipinski definition) is 0. The van der Waals surface area contributed by atoms with Crippen LogP contribution in [0.3, 0.4) is 0 Å². The summed E-state index contributed by atoms with van der Waals surface area (Å²) in [4.78, 5) is 2.36. The van der Waals surface area contributed by atoms with Crippen LogP contribution < -0.4 is 0 Å². The topological polar surface area (TPSA) is 27.0 Å². The fourth-order valence-electron chi connectivity index (χ4n) is 2.48. The molecule has 1 unspecified atom stereocenters. The molecular formula is C18H20N2. The Morgan fingerprint density at radius 3 is 2.15 bits per heavy atom. The fourth-order valence-corrected chi connectivity index (χ4v) is 2.48. The van der Waals surface area contributed by atoms with E-state index >= 15 is 0 Å². The Labute approximate surface area is 121 Å². The molecule has 0 fully saturated rings. The van der Waals surface area contributed by atoms with Crippen molar-refractivity contribution in [2.75, 3.05) is 6.54 Å². The lowest BCUT2D eigenvalue weighted by molar-refractivity contribution is 0.201. The molecule has 0 amide bonds. The van der Waals surface area contributed by atoms with Gasteiger partial charge in [-0.15, -0.1) is 0 Å². The Morgan fingerprint density at radius 1 is 1.00 bits per heavy atom. The number of hydrogen-bond acceptors (Lipinski definition) is 2. The molecule has 0 N–H and O–H groups in total. The monoisotopic (exact) mass is 264 g/mol. The van der Waals surface area contributed by atoms with E-state index in [9.17, 15) is 0 Å². The molecule has 0 aliphatic heterocycles. The third-order valence-corrected chi connectivity index (χ3v) is 3.54. The maximum absolute atomic E-state index is 9.13. The van der Waals surface area contributed by atoms with Gasteiger partial charge in [-0.2, -0.15) is 5.26 Å². The minimum atomic E-state index is 0.159. The van der Waals surface area contributed by atoms with Gasteiger partial charge in [-0.05, 0) is 17.7 Å². The molecule has 0 heterocycles. The van der Waals surface area contributed by atoms with Crippen LogP contribution in [0.4, 0.5) is 0 Å². The number of benzene rings is 2. The van der Waals surface area contributed by atoms with Crippen LogP contribution >= 0.6 is 0 Å². The van der Waals surface area contributed by atoms with Gasteiger partial charge < -0.3 is 0 Å². The molecule has 102 valence electrons. The van der Waals surface area contributed by atoms with E-state index < -0.39 is 0 Å². The van der Waals surface area contributed by atoms with Crippen molar-refractivity contribution in [2.45, 2.75) is 25.9 Å². The van der Waals surface area contributed by atoms with Crippen molar-refractivity contribution in [2.24, 2.45) is 0 Å². The van der Waals surface area contributed by atoms with Gasteiger partial charge in [0.15, 0.2) is 0 Å². The fraction of sp³-hybridized carbons (Fsp3) is 0.278. The second-order valence-electron chi connectivity index (χ2n) is 4.84. The third-order valence-electron chi connectivity index (χ3n) is 3.54. The molecule has 0 aromatic heterocycles. The van der Waals surface area contributed by atoms with Gasteiger partial charge in [0.2, 0.25) is 0 Å². The van der Waals surface area contributed by atoms with Crippen molar-refractivity contribution in [1.82, 2.24) is 4.90 Å². The van der Waals surface area contributed by atoms with Crippen LogP contribution in [0.15, 0.2) is 60.7 Å². The average molecular weight is 264 g/mol. The summed E-state index contributed by atoms with van der Waals surface area (Å²) < 4.78 is 0. The Bertz CT molecular complexity index is 543. The quantitative estimate of drug-likeness (QED) is 0.783. The number of nitriles is 1. The summed E-state index contributed by atoms with van der Waals surface area (Å²) in [6.45, 7) is 3.95. The van der Waals surface area contributed by atoms with Crippen molar-refractivity contribution in [1.29, 1.82) is 5.26 Å².